The minimum Gasteiger partial charge on any atom is -0.379 e. The van der Waals surface area contributed by atoms with Crippen LogP contribution in [0.1, 0.15) is 44.1 Å². The summed E-state index contributed by atoms with van der Waals surface area (Å²) in [6, 6.07) is 14.4. The van der Waals surface area contributed by atoms with Crippen LogP contribution >= 0.6 is 0 Å². The van der Waals surface area contributed by atoms with Gasteiger partial charge in [0.25, 0.3) is 5.91 Å². The molecule has 0 bridgehead atoms. The lowest BCUT2D eigenvalue weighted by Crippen LogP contribution is -2.48. The quantitative estimate of drug-likeness (QED) is 0.515. The Morgan fingerprint density at radius 1 is 1.18 bits per heavy atom. The zero-order chi connectivity index (χ0) is 24.2. The lowest BCUT2D eigenvalue weighted by atomic mass is 9.91. The molecule has 0 radical (unpaired) electrons. The van der Waals surface area contributed by atoms with Gasteiger partial charge in [-0.1, -0.05) is 49.3 Å². The van der Waals surface area contributed by atoms with Crippen LogP contribution < -0.4 is 10.3 Å². The normalized spacial score (nSPS) is 16.5. The van der Waals surface area contributed by atoms with E-state index in [1.165, 1.54) is 6.07 Å². The lowest BCUT2D eigenvalue weighted by molar-refractivity contribution is -0.143. The van der Waals surface area contributed by atoms with Gasteiger partial charge in [0.1, 0.15) is 23.5 Å². The number of carbonyl (C=O) groups excluding carboxylic acids is 2. The molecule has 34 heavy (non-hydrogen) atoms. The molecule has 4 rings (SSSR count). The van der Waals surface area contributed by atoms with Gasteiger partial charge in [0.05, 0.1) is 5.69 Å². The highest BCUT2D eigenvalue weighted by atomic mass is 19.1. The van der Waals surface area contributed by atoms with Crippen molar-refractivity contribution >= 4 is 11.8 Å². The molecule has 1 aliphatic rings. The van der Waals surface area contributed by atoms with Crippen LogP contribution in [-0.4, -0.2) is 34.5 Å². The Morgan fingerprint density at radius 2 is 1.91 bits per heavy atom. The second-order valence-electron chi connectivity index (χ2n) is 8.85. The fraction of sp³-hybridized carbons (Fsp3) is 0.346. The van der Waals surface area contributed by atoms with E-state index in [0.29, 0.717) is 41.3 Å². The molecule has 1 aliphatic heterocycles. The summed E-state index contributed by atoms with van der Waals surface area (Å²) in [5, 5.41) is 3.91. The number of benzene rings is 2. The Hall–Kier alpha value is -3.68. The van der Waals surface area contributed by atoms with E-state index in [1.54, 1.807) is 60.4 Å². The molecule has 2 atom stereocenters. The third-order valence-electron chi connectivity index (χ3n) is 6.03. The SMILES string of the molecule is Cc1cc(C(C(=O)N2CCCC2C(=O)NOc2ccc(-c3ccccc3F)cc2)C(C)C)on1. The van der Waals surface area contributed by atoms with Crippen LogP contribution in [0.2, 0.25) is 0 Å². The van der Waals surface area contributed by atoms with E-state index in [0.717, 1.165) is 6.42 Å². The van der Waals surface area contributed by atoms with Gasteiger partial charge in [-0.05, 0) is 49.4 Å². The number of nitrogens with one attached hydrogen (secondary N) is 1. The molecule has 1 fully saturated rings. The van der Waals surface area contributed by atoms with Crippen LogP contribution in [0.4, 0.5) is 4.39 Å². The zero-order valence-corrected chi connectivity index (χ0v) is 19.5. The molecule has 178 valence electrons. The van der Waals surface area contributed by atoms with Gasteiger partial charge in [-0.25, -0.2) is 4.39 Å². The number of nitrogens with zero attached hydrogens (tertiary/aromatic N) is 2. The number of aryl methyl sites for hydroxylation is 1. The molecule has 1 N–H and O–H groups in total. The number of rotatable bonds is 7. The first-order chi connectivity index (χ1) is 16.3. The number of halogens is 1. The van der Waals surface area contributed by atoms with Gasteiger partial charge < -0.3 is 14.3 Å². The molecule has 1 aromatic heterocycles. The molecule has 2 amide bonds. The molecule has 8 heteroatoms. The third kappa shape index (κ3) is 4.95. The van der Waals surface area contributed by atoms with Crippen LogP contribution in [0.5, 0.6) is 5.75 Å². The summed E-state index contributed by atoms with van der Waals surface area (Å²) in [4.78, 5) is 33.3. The summed E-state index contributed by atoms with van der Waals surface area (Å²) >= 11 is 0. The van der Waals surface area contributed by atoms with E-state index < -0.39 is 12.0 Å². The maximum atomic E-state index is 14.0. The first-order valence-electron chi connectivity index (χ1n) is 11.4. The molecule has 2 heterocycles. The molecule has 0 spiro atoms. The summed E-state index contributed by atoms with van der Waals surface area (Å²) in [5.74, 6) is -0.472. The maximum Gasteiger partial charge on any atom is 0.275 e. The summed E-state index contributed by atoms with van der Waals surface area (Å²) in [6.45, 7) is 6.19. The first-order valence-corrected chi connectivity index (χ1v) is 11.4. The Bertz CT molecular complexity index is 1160. The van der Waals surface area contributed by atoms with E-state index in [9.17, 15) is 14.0 Å². The molecule has 1 saturated heterocycles. The van der Waals surface area contributed by atoms with Crippen molar-refractivity contribution in [2.45, 2.75) is 45.6 Å². The predicted octanol–water partition coefficient (Wildman–Crippen LogP) is 4.63. The number of hydroxylamine groups is 1. The average Bonchev–Trinajstić information content (AvgIpc) is 3.47. The highest BCUT2D eigenvalue weighted by Crippen LogP contribution is 2.31. The van der Waals surface area contributed by atoms with Crippen molar-refractivity contribution in [3.05, 3.63) is 71.9 Å². The third-order valence-corrected chi connectivity index (χ3v) is 6.03. The highest BCUT2D eigenvalue weighted by molar-refractivity contribution is 5.90. The molecule has 0 aliphatic carbocycles. The summed E-state index contributed by atoms with van der Waals surface area (Å²) in [7, 11) is 0. The first kappa shape index (κ1) is 23.5. The van der Waals surface area contributed by atoms with E-state index in [-0.39, 0.29) is 23.5 Å². The lowest BCUT2D eigenvalue weighted by Gasteiger charge is -2.28. The Balaban J connectivity index is 1.40. The van der Waals surface area contributed by atoms with Crippen molar-refractivity contribution < 1.29 is 23.3 Å². The zero-order valence-electron chi connectivity index (χ0n) is 19.5. The minimum absolute atomic E-state index is 0.0200. The highest BCUT2D eigenvalue weighted by Gasteiger charge is 2.40. The molecule has 2 unspecified atom stereocenters. The summed E-state index contributed by atoms with van der Waals surface area (Å²) in [6.07, 6.45) is 1.27. The Labute approximate surface area is 197 Å². The second kappa shape index (κ2) is 10.1. The fourth-order valence-corrected chi connectivity index (χ4v) is 4.32. The average molecular weight is 466 g/mol. The molecular weight excluding hydrogens is 437 g/mol. The van der Waals surface area contributed by atoms with Gasteiger partial charge >= 0.3 is 0 Å². The van der Waals surface area contributed by atoms with Crippen LogP contribution in [0.15, 0.2) is 59.1 Å². The Kier molecular flexibility index (Phi) is 6.95. The van der Waals surface area contributed by atoms with E-state index in [1.807, 2.05) is 13.8 Å². The molecule has 2 aromatic carbocycles. The summed E-state index contributed by atoms with van der Waals surface area (Å²) in [5.41, 5.74) is 4.36. The minimum atomic E-state index is -0.629. The Morgan fingerprint density at radius 3 is 2.56 bits per heavy atom. The van der Waals surface area contributed by atoms with Crippen LogP contribution in [-0.2, 0) is 9.59 Å². The molecular formula is C26H28FN3O4. The van der Waals surface area contributed by atoms with Crippen molar-refractivity contribution in [1.82, 2.24) is 15.5 Å². The van der Waals surface area contributed by atoms with E-state index in [2.05, 4.69) is 10.6 Å². The monoisotopic (exact) mass is 465 g/mol. The van der Waals surface area contributed by atoms with Crippen molar-refractivity contribution in [3.8, 4) is 16.9 Å². The topological polar surface area (TPSA) is 84.7 Å². The number of likely N-dealkylation sites (tertiary alicyclic amines) is 1. The molecule has 7 nitrogen and oxygen atoms in total. The van der Waals surface area contributed by atoms with Gasteiger partial charge in [0, 0.05) is 18.2 Å². The van der Waals surface area contributed by atoms with E-state index in [4.69, 9.17) is 9.36 Å². The predicted molar refractivity (Wildman–Crippen MR) is 124 cm³/mol. The second-order valence-corrected chi connectivity index (χ2v) is 8.85. The van der Waals surface area contributed by atoms with Crippen molar-refractivity contribution in [1.29, 1.82) is 0 Å². The van der Waals surface area contributed by atoms with Crippen LogP contribution in [0, 0.1) is 18.7 Å². The van der Waals surface area contributed by atoms with Gasteiger partial charge in [0.2, 0.25) is 5.91 Å². The van der Waals surface area contributed by atoms with Crippen molar-refractivity contribution in [3.63, 3.8) is 0 Å². The number of amides is 2. The largest absolute Gasteiger partial charge is 0.379 e. The van der Waals surface area contributed by atoms with Crippen LogP contribution in [0.3, 0.4) is 0 Å². The maximum absolute atomic E-state index is 14.0. The van der Waals surface area contributed by atoms with Crippen LogP contribution in [0.25, 0.3) is 11.1 Å². The number of carbonyl (C=O) groups is 2. The fourth-order valence-electron chi connectivity index (χ4n) is 4.32. The van der Waals surface area contributed by atoms with Gasteiger partial charge in [-0.3, -0.25) is 9.59 Å². The number of hydrogen-bond donors (Lipinski definition) is 1. The van der Waals surface area contributed by atoms with Gasteiger partial charge in [-0.15, -0.1) is 0 Å². The standard InChI is InChI=1S/C26H28FN3O4/c1-16(2)24(23-15-17(3)28-34-23)26(32)30-14-6-9-22(30)25(31)29-33-19-12-10-18(11-13-19)20-7-4-5-8-21(20)27/h4-5,7-8,10-13,15-16,22,24H,6,9,14H2,1-3H3,(H,29,31). The molecule has 0 saturated carbocycles. The molecule has 3 aromatic rings. The smallest absolute Gasteiger partial charge is 0.275 e. The van der Waals surface area contributed by atoms with Crippen molar-refractivity contribution in [2.24, 2.45) is 5.92 Å². The van der Waals surface area contributed by atoms with Gasteiger partial charge in [0.15, 0.2) is 5.75 Å². The summed E-state index contributed by atoms with van der Waals surface area (Å²) < 4.78 is 19.4. The van der Waals surface area contributed by atoms with Crippen molar-refractivity contribution in [2.75, 3.05) is 6.54 Å². The number of hydrogen-bond acceptors (Lipinski definition) is 5. The number of aromatic nitrogens is 1. The van der Waals surface area contributed by atoms with Gasteiger partial charge in [-0.2, -0.15) is 5.48 Å². The van der Waals surface area contributed by atoms with E-state index >= 15 is 0 Å².